The SMILES string of the molecule is CCCCCCCCCCCCCC[N+](C)(C)CCCNc1ccc2c3c(cccc13)C(=O)N(CCSSCCN1C(=O)c3cccc4c(NCCC[N+](C)(C)CCCCCCCCCCCCCC)ccc(c34)C1=O)C2=O.[Br-].[Br-]. The fraction of sp³-hybridized carbons (Fsp3) is 0.636. The summed E-state index contributed by atoms with van der Waals surface area (Å²) in [6.45, 7) is 11.3. The molecule has 0 saturated carbocycles. The summed E-state index contributed by atoms with van der Waals surface area (Å²) in [7, 11) is 12.5. The maximum Gasteiger partial charge on any atom is 0.261 e. The smallest absolute Gasteiger partial charge is 0.261 e. The van der Waals surface area contributed by atoms with Gasteiger partial charge in [0, 0.05) is 106 Å². The lowest BCUT2D eigenvalue weighted by atomic mass is 9.93. The third-order valence-electron chi connectivity index (χ3n) is 16.6. The van der Waals surface area contributed by atoms with Crippen LogP contribution in [0.1, 0.15) is 222 Å². The minimum Gasteiger partial charge on any atom is -1.00 e. The topological polar surface area (TPSA) is 98.8 Å². The highest BCUT2D eigenvalue weighted by Crippen LogP contribution is 2.37. The van der Waals surface area contributed by atoms with E-state index in [2.05, 4.69) is 52.7 Å². The Balaban J connectivity index is 0.00000689. The predicted molar refractivity (Wildman–Crippen MR) is 336 cm³/mol. The summed E-state index contributed by atoms with van der Waals surface area (Å²) < 4.78 is 2.03. The van der Waals surface area contributed by atoms with Gasteiger partial charge in [0.05, 0.1) is 54.4 Å². The van der Waals surface area contributed by atoms with Crippen molar-refractivity contribution in [1.29, 1.82) is 0 Å². The average Bonchev–Trinajstić information content (AvgIpc) is 3.45. The summed E-state index contributed by atoms with van der Waals surface area (Å²) in [6.07, 6.45) is 35.0. The molecule has 446 valence electrons. The van der Waals surface area contributed by atoms with Gasteiger partial charge < -0.3 is 53.6 Å². The van der Waals surface area contributed by atoms with E-state index in [1.807, 2.05) is 60.7 Å². The summed E-state index contributed by atoms with van der Waals surface area (Å²) in [5, 5.41) is 10.5. The van der Waals surface area contributed by atoms with Gasteiger partial charge in [-0.1, -0.05) is 188 Å². The van der Waals surface area contributed by atoms with Crippen molar-refractivity contribution in [2.75, 3.05) is 103 Å². The Labute approximate surface area is 513 Å². The van der Waals surface area contributed by atoms with Crippen molar-refractivity contribution in [2.45, 2.75) is 181 Å². The number of halogens is 2. The number of carbonyl (C=O) groups excluding carboxylic acids is 4. The Kier molecular flexibility index (Phi) is 32.3. The van der Waals surface area contributed by atoms with Gasteiger partial charge in [-0.2, -0.15) is 0 Å². The van der Waals surface area contributed by atoms with Crippen molar-refractivity contribution in [3.8, 4) is 0 Å². The number of anilines is 2. The second-order valence-electron chi connectivity index (χ2n) is 24.1. The minimum absolute atomic E-state index is 0. The number of hydrogen-bond donors (Lipinski definition) is 2. The molecule has 0 unspecified atom stereocenters. The number of quaternary nitrogens is 2. The number of carbonyl (C=O) groups is 4. The fourth-order valence-corrected chi connectivity index (χ4v) is 13.7. The molecule has 2 heterocycles. The monoisotopic (exact) mass is 1260 g/mol. The van der Waals surface area contributed by atoms with Crippen LogP contribution in [0.3, 0.4) is 0 Å². The molecule has 2 N–H and O–H groups in total. The molecule has 6 rings (SSSR count). The quantitative estimate of drug-likeness (QED) is 0.0196. The number of rotatable bonds is 43. The van der Waals surface area contributed by atoms with Gasteiger partial charge in [0.15, 0.2) is 0 Å². The maximum atomic E-state index is 13.9. The lowest BCUT2D eigenvalue weighted by Gasteiger charge is -2.30. The highest BCUT2D eigenvalue weighted by Gasteiger charge is 2.35. The average molecular weight is 1270 g/mol. The van der Waals surface area contributed by atoms with Crippen LogP contribution in [0.5, 0.6) is 0 Å². The highest BCUT2D eigenvalue weighted by molar-refractivity contribution is 8.76. The zero-order valence-electron chi connectivity index (χ0n) is 50.2. The van der Waals surface area contributed by atoms with Crippen LogP contribution in [0.4, 0.5) is 11.4 Å². The first kappa shape index (κ1) is 69.4. The van der Waals surface area contributed by atoms with E-state index in [0.29, 0.717) is 33.8 Å². The van der Waals surface area contributed by atoms with E-state index in [1.165, 1.54) is 177 Å². The molecule has 4 aromatic carbocycles. The molecule has 0 aromatic heterocycles. The van der Waals surface area contributed by atoms with Crippen LogP contribution in [0, 0.1) is 0 Å². The van der Waals surface area contributed by atoms with Crippen molar-refractivity contribution >= 4 is 78.1 Å². The van der Waals surface area contributed by atoms with Crippen LogP contribution >= 0.6 is 21.6 Å². The number of benzene rings is 4. The Bertz CT molecular complexity index is 2310. The Morgan fingerprint density at radius 3 is 0.988 bits per heavy atom. The van der Waals surface area contributed by atoms with Crippen LogP contribution in [0.15, 0.2) is 60.7 Å². The summed E-state index contributed by atoms with van der Waals surface area (Å²) in [5.41, 5.74) is 4.14. The first-order valence-electron chi connectivity index (χ1n) is 31.1. The van der Waals surface area contributed by atoms with Crippen molar-refractivity contribution in [3.63, 3.8) is 0 Å². The van der Waals surface area contributed by atoms with Crippen molar-refractivity contribution in [1.82, 2.24) is 9.80 Å². The van der Waals surface area contributed by atoms with Gasteiger partial charge in [-0.05, 0) is 62.1 Å². The maximum absolute atomic E-state index is 13.9. The van der Waals surface area contributed by atoms with Crippen LogP contribution in [0.2, 0.25) is 0 Å². The van der Waals surface area contributed by atoms with E-state index in [-0.39, 0.29) is 70.7 Å². The molecule has 4 amide bonds. The van der Waals surface area contributed by atoms with Crippen molar-refractivity contribution in [2.24, 2.45) is 0 Å². The second-order valence-corrected chi connectivity index (χ2v) is 26.8. The zero-order valence-corrected chi connectivity index (χ0v) is 55.0. The second kappa shape index (κ2) is 37.2. The molecule has 80 heavy (non-hydrogen) atoms. The fourth-order valence-electron chi connectivity index (χ4n) is 11.8. The molecule has 10 nitrogen and oxygen atoms in total. The van der Waals surface area contributed by atoms with Crippen molar-refractivity contribution < 1.29 is 62.1 Å². The molecule has 0 spiro atoms. The predicted octanol–water partition coefficient (Wildman–Crippen LogP) is 10.4. The first-order chi connectivity index (χ1) is 37.9. The van der Waals surface area contributed by atoms with E-state index in [0.717, 1.165) is 80.9 Å². The summed E-state index contributed by atoms with van der Waals surface area (Å²) >= 11 is 0. The molecule has 14 heteroatoms. The normalized spacial score (nSPS) is 13.4. The van der Waals surface area contributed by atoms with Crippen LogP contribution in [-0.4, -0.2) is 134 Å². The Hall–Kier alpha value is -3.14. The van der Waals surface area contributed by atoms with Crippen LogP contribution in [-0.2, 0) is 0 Å². The van der Waals surface area contributed by atoms with Crippen LogP contribution in [0.25, 0.3) is 21.5 Å². The molecule has 2 aliphatic rings. The lowest BCUT2D eigenvalue weighted by Crippen LogP contribution is -3.00. The van der Waals surface area contributed by atoms with Crippen molar-refractivity contribution in [3.05, 3.63) is 82.9 Å². The van der Waals surface area contributed by atoms with Gasteiger partial charge in [-0.25, -0.2) is 0 Å². The Morgan fingerprint density at radius 1 is 0.375 bits per heavy atom. The van der Waals surface area contributed by atoms with E-state index < -0.39 is 0 Å². The first-order valence-corrected chi connectivity index (χ1v) is 33.6. The molecule has 0 fully saturated rings. The number of unbranched alkanes of at least 4 members (excludes halogenated alkanes) is 22. The third-order valence-corrected chi connectivity index (χ3v) is 19.0. The van der Waals surface area contributed by atoms with Gasteiger partial charge in [0.1, 0.15) is 0 Å². The van der Waals surface area contributed by atoms with Gasteiger partial charge in [-0.3, -0.25) is 29.0 Å². The number of amides is 4. The number of imide groups is 2. The number of nitrogens with one attached hydrogen (secondary N) is 2. The third kappa shape index (κ3) is 21.5. The molecular formula is C66H102Br2N6O4S2. The summed E-state index contributed by atoms with van der Waals surface area (Å²) in [5.74, 6) is -0.0176. The van der Waals surface area contributed by atoms with Gasteiger partial charge in [-0.15, -0.1) is 0 Å². The van der Waals surface area contributed by atoms with E-state index in [1.54, 1.807) is 21.6 Å². The largest absolute Gasteiger partial charge is 1.00 e. The van der Waals surface area contributed by atoms with E-state index >= 15 is 0 Å². The zero-order chi connectivity index (χ0) is 55.6. The molecule has 0 radical (unpaired) electrons. The lowest BCUT2D eigenvalue weighted by molar-refractivity contribution is -0.890. The molecule has 0 aliphatic carbocycles. The van der Waals surface area contributed by atoms with E-state index in [4.69, 9.17) is 0 Å². The number of nitrogens with zero attached hydrogens (tertiary/aromatic N) is 4. The summed E-state index contributed by atoms with van der Waals surface area (Å²) in [6, 6.07) is 19.2. The molecule has 0 saturated heterocycles. The molecule has 4 aromatic rings. The molecule has 0 bridgehead atoms. The highest BCUT2D eigenvalue weighted by atomic mass is 79.9. The van der Waals surface area contributed by atoms with Gasteiger partial charge in [0.25, 0.3) is 23.6 Å². The van der Waals surface area contributed by atoms with E-state index in [9.17, 15) is 19.2 Å². The van der Waals surface area contributed by atoms with Gasteiger partial charge in [0.2, 0.25) is 0 Å². The van der Waals surface area contributed by atoms with Crippen LogP contribution < -0.4 is 44.6 Å². The summed E-state index contributed by atoms with van der Waals surface area (Å²) in [4.78, 5) is 58.3. The molecular weight excluding hydrogens is 1160 g/mol. The van der Waals surface area contributed by atoms with Gasteiger partial charge >= 0.3 is 0 Å². The minimum atomic E-state index is -0.267. The number of hydrogen-bond acceptors (Lipinski definition) is 8. The molecule has 2 aliphatic heterocycles. The standard InChI is InChI=1S/C66H100N6O4S2.2BrH/c1-7-9-11-13-15-17-19-21-23-25-27-29-47-71(3,4)49-33-43-67-59-41-39-57-61-53(59)35-31-37-55(61)63(73)69(65(57)75)45-51-77-78-52-46-70-64(74)56-38-32-36-54-60(42-40-58(62(54)56)66(70)76)68-44-34-50-72(5,6)48-30-28-26-24-22-20-18-16-14-12-10-8-2;;/h31-32,35-42H,7-30,33-34,43-52H2,1-6H3;2*1H. The Morgan fingerprint density at radius 2 is 0.662 bits per heavy atom. The molecule has 0 atom stereocenters.